The van der Waals surface area contributed by atoms with Gasteiger partial charge in [-0.2, -0.15) is 5.26 Å². The molecular formula is C9H13NO2. The number of carbonyl (C=O) groups is 1. The molecule has 1 aliphatic rings. The van der Waals surface area contributed by atoms with Crippen molar-refractivity contribution in [2.24, 2.45) is 5.41 Å². The van der Waals surface area contributed by atoms with Gasteiger partial charge in [-0.25, -0.2) is 0 Å². The average molecular weight is 167 g/mol. The molecule has 3 heteroatoms. The first kappa shape index (κ1) is 9.21. The molecule has 1 atom stereocenters. The van der Waals surface area contributed by atoms with Gasteiger partial charge < -0.3 is 9.90 Å². The summed E-state index contributed by atoms with van der Waals surface area (Å²) in [4.78, 5) is 10.3. The van der Waals surface area contributed by atoms with Crippen molar-refractivity contribution in [2.45, 2.75) is 38.2 Å². The summed E-state index contributed by atoms with van der Waals surface area (Å²) in [6.07, 6.45) is 3.13. The van der Waals surface area contributed by atoms with E-state index in [0.29, 0.717) is 19.1 Å². The quantitative estimate of drug-likeness (QED) is 0.638. The highest BCUT2D eigenvalue weighted by atomic mass is 16.3. The molecule has 0 bridgehead atoms. The number of aliphatic hydroxyl groups is 1. The summed E-state index contributed by atoms with van der Waals surface area (Å²) in [6, 6.07) is 2.13. The van der Waals surface area contributed by atoms with Crippen LogP contribution in [0.1, 0.15) is 32.6 Å². The van der Waals surface area contributed by atoms with Gasteiger partial charge in [0, 0.05) is 6.42 Å². The Kier molecular flexibility index (Phi) is 2.20. The van der Waals surface area contributed by atoms with Crippen LogP contribution in [-0.4, -0.2) is 17.0 Å². The molecule has 0 spiro atoms. The van der Waals surface area contributed by atoms with Gasteiger partial charge in [0.1, 0.15) is 6.29 Å². The molecule has 1 saturated carbocycles. The second kappa shape index (κ2) is 2.87. The Hall–Kier alpha value is -0.880. The molecule has 12 heavy (non-hydrogen) atoms. The second-order valence-electron chi connectivity index (χ2n) is 3.69. The highest BCUT2D eigenvalue weighted by Gasteiger charge is 2.51. The molecule has 3 nitrogen and oxygen atoms in total. The maximum absolute atomic E-state index is 10.3. The van der Waals surface area contributed by atoms with Gasteiger partial charge in [0.25, 0.3) is 0 Å². The lowest BCUT2D eigenvalue weighted by molar-refractivity contribution is -0.122. The maximum atomic E-state index is 10.3. The molecule has 1 N–H and O–H groups in total. The van der Waals surface area contributed by atoms with E-state index in [9.17, 15) is 9.90 Å². The van der Waals surface area contributed by atoms with E-state index in [-0.39, 0.29) is 6.42 Å². The van der Waals surface area contributed by atoms with Crippen LogP contribution in [-0.2, 0) is 4.79 Å². The highest BCUT2D eigenvalue weighted by molar-refractivity contribution is 5.52. The number of hydrogen-bond donors (Lipinski definition) is 1. The fourth-order valence-corrected chi connectivity index (χ4v) is 1.66. The van der Waals surface area contributed by atoms with Gasteiger partial charge in [0.05, 0.1) is 17.1 Å². The Morgan fingerprint density at radius 2 is 2.33 bits per heavy atom. The molecule has 0 heterocycles. The zero-order chi connectivity index (χ0) is 9.24. The van der Waals surface area contributed by atoms with Crippen LogP contribution in [0.5, 0.6) is 0 Å². The van der Waals surface area contributed by atoms with Gasteiger partial charge in [-0.3, -0.25) is 0 Å². The van der Waals surface area contributed by atoms with Crippen molar-refractivity contribution in [2.75, 3.05) is 0 Å². The molecular weight excluding hydrogens is 154 g/mol. The van der Waals surface area contributed by atoms with Crippen LogP contribution in [0.2, 0.25) is 0 Å². The van der Waals surface area contributed by atoms with E-state index in [0.717, 1.165) is 6.42 Å². The first-order valence-corrected chi connectivity index (χ1v) is 4.15. The van der Waals surface area contributed by atoms with E-state index < -0.39 is 11.0 Å². The third-order valence-corrected chi connectivity index (χ3v) is 2.93. The lowest BCUT2D eigenvalue weighted by atomic mass is 9.59. The molecule has 66 valence electrons. The summed E-state index contributed by atoms with van der Waals surface area (Å²) in [5, 5.41) is 18.7. The summed E-state index contributed by atoms with van der Waals surface area (Å²) in [5.74, 6) is 0. The number of aldehydes is 1. The molecule has 1 rings (SSSR count). The van der Waals surface area contributed by atoms with E-state index in [4.69, 9.17) is 5.26 Å². The van der Waals surface area contributed by atoms with E-state index in [1.165, 1.54) is 0 Å². The van der Waals surface area contributed by atoms with Crippen molar-refractivity contribution in [1.82, 2.24) is 0 Å². The number of rotatable bonds is 3. The van der Waals surface area contributed by atoms with E-state index >= 15 is 0 Å². The summed E-state index contributed by atoms with van der Waals surface area (Å²) in [7, 11) is 0. The fourth-order valence-electron chi connectivity index (χ4n) is 1.66. The first-order chi connectivity index (χ1) is 5.58. The fraction of sp³-hybridized carbons (Fsp3) is 0.778. The van der Waals surface area contributed by atoms with Crippen molar-refractivity contribution < 1.29 is 9.90 Å². The number of nitrogens with zero attached hydrogens (tertiary/aromatic N) is 1. The number of hydrogen-bond acceptors (Lipinski definition) is 3. The van der Waals surface area contributed by atoms with E-state index in [1.54, 1.807) is 6.92 Å². The van der Waals surface area contributed by atoms with Gasteiger partial charge in [0.15, 0.2) is 0 Å². The Morgan fingerprint density at radius 1 is 1.75 bits per heavy atom. The van der Waals surface area contributed by atoms with E-state index in [2.05, 4.69) is 6.07 Å². The second-order valence-corrected chi connectivity index (χ2v) is 3.69. The summed E-state index contributed by atoms with van der Waals surface area (Å²) in [6.45, 7) is 1.57. The van der Waals surface area contributed by atoms with Crippen LogP contribution in [0.3, 0.4) is 0 Å². The largest absolute Gasteiger partial charge is 0.388 e. The Bertz CT molecular complexity index is 223. The van der Waals surface area contributed by atoms with E-state index in [1.807, 2.05) is 0 Å². The van der Waals surface area contributed by atoms with Crippen molar-refractivity contribution in [3.05, 3.63) is 0 Å². The summed E-state index contributed by atoms with van der Waals surface area (Å²) < 4.78 is 0. The van der Waals surface area contributed by atoms with Crippen LogP contribution < -0.4 is 0 Å². The minimum atomic E-state index is -1.14. The molecule has 0 aromatic carbocycles. The van der Waals surface area contributed by atoms with Gasteiger partial charge in [-0.05, 0) is 19.8 Å². The maximum Gasteiger partial charge on any atom is 0.122 e. The van der Waals surface area contributed by atoms with Crippen LogP contribution in [0.15, 0.2) is 0 Å². The minimum Gasteiger partial charge on any atom is -0.388 e. The number of nitriles is 1. The smallest absolute Gasteiger partial charge is 0.122 e. The number of carbonyl (C=O) groups excluding carboxylic acids is 1. The van der Waals surface area contributed by atoms with Crippen molar-refractivity contribution >= 4 is 6.29 Å². The zero-order valence-electron chi connectivity index (χ0n) is 7.21. The molecule has 0 saturated heterocycles. The van der Waals surface area contributed by atoms with Gasteiger partial charge >= 0.3 is 0 Å². The topological polar surface area (TPSA) is 61.1 Å². The molecule has 0 aromatic rings. The molecule has 0 amide bonds. The Balaban J connectivity index is 2.78. The average Bonchev–Trinajstić information content (AvgIpc) is 1.84. The lowest BCUT2D eigenvalue weighted by Crippen LogP contribution is -2.49. The van der Waals surface area contributed by atoms with Crippen molar-refractivity contribution in [3.63, 3.8) is 0 Å². The first-order valence-electron chi connectivity index (χ1n) is 4.15. The van der Waals surface area contributed by atoms with Crippen molar-refractivity contribution in [3.8, 4) is 6.07 Å². The third-order valence-electron chi connectivity index (χ3n) is 2.93. The lowest BCUT2D eigenvalue weighted by Gasteiger charge is -2.45. The molecule has 1 unspecified atom stereocenters. The van der Waals surface area contributed by atoms with Crippen LogP contribution in [0.25, 0.3) is 0 Å². The predicted molar refractivity (Wildman–Crippen MR) is 43.2 cm³/mol. The van der Waals surface area contributed by atoms with Crippen LogP contribution >= 0.6 is 0 Å². The zero-order valence-corrected chi connectivity index (χ0v) is 7.21. The molecule has 0 radical (unpaired) electrons. The van der Waals surface area contributed by atoms with Crippen LogP contribution in [0.4, 0.5) is 0 Å². The SMILES string of the molecule is CC(O)(CC=O)C1(C#N)CCC1. The van der Waals surface area contributed by atoms with Gasteiger partial charge in [0.2, 0.25) is 0 Å². The Morgan fingerprint density at radius 3 is 2.58 bits per heavy atom. The molecule has 0 aromatic heterocycles. The Labute approximate surface area is 72.0 Å². The molecule has 1 fully saturated rings. The molecule has 1 aliphatic carbocycles. The third kappa shape index (κ3) is 1.12. The normalized spacial score (nSPS) is 24.8. The predicted octanol–water partition coefficient (Wildman–Crippen LogP) is 1.02. The minimum absolute atomic E-state index is 0.0561. The van der Waals surface area contributed by atoms with Crippen molar-refractivity contribution in [1.29, 1.82) is 5.26 Å². The van der Waals surface area contributed by atoms with Gasteiger partial charge in [-0.15, -0.1) is 0 Å². The van der Waals surface area contributed by atoms with Crippen LogP contribution in [0, 0.1) is 16.7 Å². The monoisotopic (exact) mass is 167 g/mol. The standard InChI is InChI=1S/C9H13NO2/c1-8(12,5-6-11)9(7-10)3-2-4-9/h6,12H,2-5H2,1H3. The summed E-state index contributed by atoms with van der Waals surface area (Å²) >= 11 is 0. The highest BCUT2D eigenvalue weighted by Crippen LogP contribution is 2.49. The van der Waals surface area contributed by atoms with Gasteiger partial charge in [-0.1, -0.05) is 6.42 Å². The molecule has 0 aliphatic heterocycles. The summed E-state index contributed by atoms with van der Waals surface area (Å²) in [5.41, 5.74) is -1.80.